The number of aliphatic hydroxyl groups is 1. The molecule has 6 aromatic carbocycles. The molecule has 0 aromatic heterocycles. The molecule has 59 heavy (non-hydrogen) atoms. The van der Waals surface area contributed by atoms with Crippen LogP contribution in [0.5, 0.6) is 0 Å². The Morgan fingerprint density at radius 3 is 1.68 bits per heavy atom. The molecule has 6 aromatic rings. The molecular formula is C48H45N4O7-. The van der Waals surface area contributed by atoms with Gasteiger partial charge in [0.2, 0.25) is 0 Å². The summed E-state index contributed by atoms with van der Waals surface area (Å²) >= 11 is 0. The number of nitrogens with zero attached hydrogens (tertiary/aromatic N) is 1. The van der Waals surface area contributed by atoms with E-state index in [-0.39, 0.29) is 48.5 Å². The molecule has 0 heterocycles. The van der Waals surface area contributed by atoms with Crippen molar-refractivity contribution in [2.24, 2.45) is 0 Å². The van der Waals surface area contributed by atoms with Crippen LogP contribution in [0.15, 0.2) is 170 Å². The molecule has 0 aliphatic rings. The Bertz CT molecular complexity index is 2290. The second kappa shape index (κ2) is 20.8. The van der Waals surface area contributed by atoms with Crippen LogP contribution in [0.3, 0.4) is 0 Å². The molecule has 3 atom stereocenters. The molecular weight excluding hydrogens is 745 g/mol. The highest BCUT2D eigenvalue weighted by molar-refractivity contribution is 6.03. The molecule has 4 amide bonds. The van der Waals surface area contributed by atoms with Gasteiger partial charge in [-0.2, -0.15) is 0 Å². The van der Waals surface area contributed by atoms with Crippen molar-refractivity contribution in [2.75, 3.05) is 10.2 Å². The molecule has 0 aliphatic carbocycles. The molecule has 300 valence electrons. The van der Waals surface area contributed by atoms with Crippen LogP contribution >= 0.6 is 0 Å². The summed E-state index contributed by atoms with van der Waals surface area (Å²) in [6.45, 7) is 0.00494. The van der Waals surface area contributed by atoms with Crippen molar-refractivity contribution in [1.82, 2.24) is 10.6 Å². The highest BCUT2D eigenvalue weighted by Crippen LogP contribution is 2.24. The predicted molar refractivity (Wildman–Crippen MR) is 225 cm³/mol. The molecule has 0 unspecified atom stereocenters. The lowest BCUT2D eigenvalue weighted by Crippen LogP contribution is -2.49. The van der Waals surface area contributed by atoms with Gasteiger partial charge in [0.05, 0.1) is 34.6 Å². The van der Waals surface area contributed by atoms with Crippen molar-refractivity contribution in [2.45, 2.75) is 50.6 Å². The Morgan fingerprint density at radius 2 is 1.07 bits per heavy atom. The monoisotopic (exact) mass is 789 g/mol. The van der Waals surface area contributed by atoms with Crippen LogP contribution in [0.25, 0.3) is 0 Å². The normalized spacial score (nSPS) is 12.3. The number of hydrogen-bond acceptors (Lipinski definition) is 7. The molecule has 0 saturated carbocycles. The Balaban J connectivity index is 1.23. The van der Waals surface area contributed by atoms with Gasteiger partial charge < -0.3 is 35.3 Å². The maximum atomic E-state index is 14.2. The summed E-state index contributed by atoms with van der Waals surface area (Å²) in [5.41, 5.74) is 3.91. The molecule has 0 radical (unpaired) electrons. The number of nitrogens with one attached hydrogen (secondary N) is 3. The molecule has 4 N–H and O–H groups in total. The molecule has 0 bridgehead atoms. The van der Waals surface area contributed by atoms with Crippen molar-refractivity contribution >= 4 is 35.4 Å². The van der Waals surface area contributed by atoms with Gasteiger partial charge in [-0.1, -0.05) is 146 Å². The second-order valence-corrected chi connectivity index (χ2v) is 14.0. The third-order valence-electron chi connectivity index (χ3n) is 9.73. The third-order valence-corrected chi connectivity index (χ3v) is 9.73. The zero-order valence-electron chi connectivity index (χ0n) is 32.3. The molecule has 0 saturated heterocycles. The minimum Gasteiger partial charge on any atom is -0.530 e. The van der Waals surface area contributed by atoms with E-state index in [0.717, 1.165) is 21.6 Å². The van der Waals surface area contributed by atoms with Crippen LogP contribution in [-0.4, -0.2) is 47.3 Å². The van der Waals surface area contributed by atoms with E-state index in [1.54, 1.807) is 60.7 Å². The zero-order chi connectivity index (χ0) is 41.4. The number of amides is 4. The van der Waals surface area contributed by atoms with Crippen LogP contribution in [0.1, 0.15) is 49.4 Å². The van der Waals surface area contributed by atoms with E-state index >= 15 is 0 Å². The standard InChI is InChI=1S/C48H46N4O7/c53-44(42(30-35-19-7-2-8-20-35)50-46(55)40-26-14-16-28-43(40)52(48(57)58)32-36-21-9-3-10-22-36)31-38(29-34-17-5-1-6-18-34)49-45(54)39-25-13-15-27-41(39)51-47(56)59-33-37-23-11-4-12-24-37/h1-28,38,42,44,53H,29-33H2,(H,49,54)(H,50,55)(H,51,56)(H,57,58)/p-1/t38-,42-,44-/m0/s1. The molecule has 0 aliphatic heterocycles. The largest absolute Gasteiger partial charge is 0.530 e. The molecule has 0 spiro atoms. The van der Waals surface area contributed by atoms with E-state index in [1.807, 2.05) is 97.1 Å². The first-order chi connectivity index (χ1) is 28.7. The number of benzene rings is 6. The minimum atomic E-state index is -1.48. The van der Waals surface area contributed by atoms with E-state index in [2.05, 4.69) is 16.0 Å². The maximum absolute atomic E-state index is 14.2. The lowest BCUT2D eigenvalue weighted by molar-refractivity contribution is -0.246. The number of aliphatic hydroxyl groups excluding tert-OH is 1. The summed E-state index contributed by atoms with van der Waals surface area (Å²) in [5, 5.41) is 33.2. The molecule has 0 fully saturated rings. The fraction of sp³-hybridized carbons (Fsp3) is 0.167. The molecule has 11 nitrogen and oxygen atoms in total. The van der Waals surface area contributed by atoms with Crippen LogP contribution in [0, 0.1) is 0 Å². The number of para-hydroxylation sites is 2. The smallest absolute Gasteiger partial charge is 0.411 e. The van der Waals surface area contributed by atoms with Gasteiger partial charge in [0.15, 0.2) is 0 Å². The van der Waals surface area contributed by atoms with E-state index in [0.29, 0.717) is 12.0 Å². The maximum Gasteiger partial charge on any atom is 0.411 e. The van der Waals surface area contributed by atoms with Gasteiger partial charge >= 0.3 is 6.09 Å². The van der Waals surface area contributed by atoms with E-state index in [1.165, 1.54) is 12.1 Å². The second-order valence-electron chi connectivity index (χ2n) is 14.0. The highest BCUT2D eigenvalue weighted by Gasteiger charge is 2.29. The van der Waals surface area contributed by atoms with Gasteiger partial charge in [-0.3, -0.25) is 14.9 Å². The predicted octanol–water partition coefficient (Wildman–Crippen LogP) is 6.92. The number of carbonyl (C=O) groups excluding carboxylic acids is 4. The summed E-state index contributed by atoms with van der Waals surface area (Å²) in [6.07, 6.45) is -2.80. The number of hydrogen-bond donors (Lipinski definition) is 4. The van der Waals surface area contributed by atoms with Crippen LogP contribution in [0.2, 0.25) is 0 Å². The van der Waals surface area contributed by atoms with Gasteiger partial charge in [-0.25, -0.2) is 4.79 Å². The van der Waals surface area contributed by atoms with Gasteiger partial charge in [-0.05, 0) is 65.8 Å². The topological polar surface area (TPSA) is 160 Å². The first kappa shape index (κ1) is 41.4. The van der Waals surface area contributed by atoms with E-state index < -0.39 is 42.2 Å². The average Bonchev–Trinajstić information content (AvgIpc) is 3.26. The van der Waals surface area contributed by atoms with Crippen LogP contribution < -0.4 is 26.0 Å². The van der Waals surface area contributed by atoms with Crippen molar-refractivity contribution < 1.29 is 34.1 Å². The summed E-state index contributed by atoms with van der Waals surface area (Å²) < 4.78 is 5.39. The van der Waals surface area contributed by atoms with Gasteiger partial charge in [-0.15, -0.1) is 0 Å². The van der Waals surface area contributed by atoms with Crippen molar-refractivity contribution in [3.8, 4) is 0 Å². The van der Waals surface area contributed by atoms with Gasteiger partial charge in [0.25, 0.3) is 11.8 Å². The van der Waals surface area contributed by atoms with Crippen LogP contribution in [-0.2, 0) is 30.7 Å². The lowest BCUT2D eigenvalue weighted by atomic mass is 9.93. The van der Waals surface area contributed by atoms with Crippen molar-refractivity contribution in [3.63, 3.8) is 0 Å². The van der Waals surface area contributed by atoms with Gasteiger partial charge in [0.1, 0.15) is 12.7 Å². The first-order valence-electron chi connectivity index (χ1n) is 19.3. The first-order valence-corrected chi connectivity index (χ1v) is 19.3. The zero-order valence-corrected chi connectivity index (χ0v) is 32.3. The summed E-state index contributed by atoms with van der Waals surface area (Å²) in [6, 6.07) is 48.5. The van der Waals surface area contributed by atoms with Crippen molar-refractivity contribution in [1.29, 1.82) is 0 Å². The SMILES string of the molecule is O=C(Nc1ccccc1C(=O)N[C@@H](Cc1ccccc1)C[C@H](O)[C@H](Cc1ccccc1)NC(=O)c1ccccc1N(Cc1ccccc1)C(=O)[O-])OCc1ccccc1. The number of carboxylic acid groups (broad SMARTS) is 1. The Hall–Kier alpha value is -7.24. The minimum absolute atomic E-state index is 0.0218. The van der Waals surface area contributed by atoms with Gasteiger partial charge in [0, 0.05) is 12.6 Å². The average molecular weight is 790 g/mol. The highest BCUT2D eigenvalue weighted by atomic mass is 16.5. The number of carbonyl (C=O) groups is 4. The fourth-order valence-corrected chi connectivity index (χ4v) is 6.78. The Labute approximate surface area is 343 Å². The number of rotatable bonds is 17. The summed E-state index contributed by atoms with van der Waals surface area (Å²) in [5.74, 6) is -1.09. The quantitative estimate of drug-likeness (QED) is 0.0781. The number of anilines is 2. The summed E-state index contributed by atoms with van der Waals surface area (Å²) in [4.78, 5) is 54.4. The Kier molecular flexibility index (Phi) is 14.6. The van der Waals surface area contributed by atoms with Crippen LogP contribution in [0.4, 0.5) is 21.0 Å². The molecule has 6 rings (SSSR count). The van der Waals surface area contributed by atoms with E-state index in [4.69, 9.17) is 4.74 Å². The van der Waals surface area contributed by atoms with Crippen molar-refractivity contribution in [3.05, 3.63) is 203 Å². The third kappa shape index (κ3) is 12.1. The Morgan fingerprint density at radius 1 is 0.576 bits per heavy atom. The van der Waals surface area contributed by atoms with E-state index in [9.17, 15) is 29.4 Å². The fourth-order valence-electron chi connectivity index (χ4n) is 6.78. The number of ether oxygens (including phenoxy) is 1. The summed E-state index contributed by atoms with van der Waals surface area (Å²) in [7, 11) is 0. The lowest BCUT2D eigenvalue weighted by Gasteiger charge is -2.30. The molecule has 11 heteroatoms.